The number of ketones is 1. The number of ether oxygens (including phenoxy) is 5. The molecule has 0 aliphatic carbocycles. The van der Waals surface area contributed by atoms with Crippen molar-refractivity contribution >= 4 is 85.9 Å². The van der Waals surface area contributed by atoms with Crippen molar-refractivity contribution in [3.05, 3.63) is 93.3 Å². The van der Waals surface area contributed by atoms with Crippen LogP contribution in [-0.4, -0.2) is 204 Å². The predicted octanol–water partition coefficient (Wildman–Crippen LogP) is 6.64. The number of aryl methyl sites for hydroxylation is 2. The summed E-state index contributed by atoms with van der Waals surface area (Å²) in [4.78, 5) is 74.1. The average Bonchev–Trinajstić information content (AvgIpc) is 1.50. The summed E-state index contributed by atoms with van der Waals surface area (Å²) in [5.41, 5.74) is 1.48. The summed E-state index contributed by atoms with van der Waals surface area (Å²) >= 11 is 7.55. The number of nitro groups is 1. The van der Waals surface area contributed by atoms with E-state index in [0.717, 1.165) is 31.4 Å². The molecule has 4 aliphatic rings. The minimum atomic E-state index is -1.96. The number of pyridine rings is 1. The standard InChI is InChI=1S/C43H51N3O11.C18H33ClN2O5S.C6H9N3O3/c1-19-14-16-46-28(18-19)44-32-29-30-37(50)25(7)40-31(29)41(52)43(9,57-40)55-17-15-27(54-10)22(4)39(56-26(8)47)24(6)36(49)23(5)35(48)20(2)12-11-13-21(3)42(53)45-33(34(32)46)38(30)51;1-5-6-10-7-11(21(3)8-10)17(25)20-12(9(2)19)16-14(23)13(22)15(24)18(26-16)27-4;1-5-7-4-6(9(11)12)8(5)2-3-10/h11-18,20,22-24,27,35-36,39,48-51H,1-10H3,(H,45,53);9-16,18,22-24H,5-8H2,1-4H3,(H,20,25);4,10H,2-3H2,1H3/b12-11+,17-15+,21-13-;;/t20-,22+,23+,24+,27-,35-,36+,39+,43-;9-,10+,11-,12+,13-,14+,15+,16+,18+;/m00./s1. The summed E-state index contributed by atoms with van der Waals surface area (Å²) in [6, 6.07) is 2.70. The van der Waals surface area contributed by atoms with Crippen LogP contribution in [0.4, 0.5) is 11.5 Å². The second kappa shape index (κ2) is 32.1. The highest BCUT2D eigenvalue weighted by molar-refractivity contribution is 7.99. The van der Waals surface area contributed by atoms with Crippen molar-refractivity contribution in [2.45, 2.75) is 186 Å². The lowest BCUT2D eigenvalue weighted by molar-refractivity contribution is -0.392. The van der Waals surface area contributed by atoms with Gasteiger partial charge < -0.3 is 85.3 Å². The van der Waals surface area contributed by atoms with Crippen LogP contribution in [0.2, 0.25) is 0 Å². The number of thioether (sulfide) groups is 1. The van der Waals surface area contributed by atoms with Crippen LogP contribution in [-0.2, 0) is 39.9 Å². The van der Waals surface area contributed by atoms with Crippen molar-refractivity contribution in [3.8, 4) is 17.2 Å². The quantitative estimate of drug-likeness (QED) is 0.0206. The van der Waals surface area contributed by atoms with Crippen LogP contribution in [0.3, 0.4) is 0 Å². The molecule has 18 atom stereocenters. The fraction of sp³-hybridized carbons (Fsp3) is 0.582. The molecule has 4 bridgehead atoms. The highest BCUT2D eigenvalue weighted by Gasteiger charge is 2.51. The molecule has 2 amide bonds. The number of aliphatic hydroxyl groups excluding tert-OH is 6. The number of alkyl halides is 1. The highest BCUT2D eigenvalue weighted by atomic mass is 35.5. The zero-order valence-corrected chi connectivity index (χ0v) is 58.4. The molecule has 27 nitrogen and oxygen atoms in total. The smallest absolute Gasteiger partial charge is 0.342 e. The largest absolute Gasteiger partial charge is 0.507 e. The number of likely N-dealkylation sites (tertiary alicyclic amines) is 1. The van der Waals surface area contributed by atoms with E-state index in [1.165, 1.54) is 62.7 Å². The van der Waals surface area contributed by atoms with Gasteiger partial charge in [-0.05, 0) is 88.5 Å². The number of aliphatic hydroxyl groups is 6. The third-order valence-corrected chi connectivity index (χ3v) is 19.8. The number of methoxy groups -OCH3 is 1. The molecule has 0 spiro atoms. The number of allylic oxidation sites excluding steroid dienone is 2. The van der Waals surface area contributed by atoms with Gasteiger partial charge in [0, 0.05) is 80.8 Å². The summed E-state index contributed by atoms with van der Waals surface area (Å²) < 4.78 is 32.6. The van der Waals surface area contributed by atoms with Crippen LogP contribution in [0.25, 0.3) is 27.5 Å². The molecule has 2 aromatic carbocycles. The van der Waals surface area contributed by atoms with Crippen LogP contribution in [0.1, 0.15) is 109 Å². The molecule has 2 saturated heterocycles. The Kier molecular flexibility index (Phi) is 25.6. The number of amides is 2. The fourth-order valence-corrected chi connectivity index (χ4v) is 14.0. The maximum atomic E-state index is 14.6. The lowest BCUT2D eigenvalue weighted by atomic mass is 9.78. The van der Waals surface area contributed by atoms with E-state index in [0.29, 0.717) is 17.4 Å². The van der Waals surface area contributed by atoms with Gasteiger partial charge in [-0.2, -0.15) is 0 Å². The van der Waals surface area contributed by atoms with E-state index >= 15 is 0 Å². The number of aromatic nitrogens is 4. The number of halogens is 1. The van der Waals surface area contributed by atoms with E-state index in [9.17, 15) is 65.0 Å². The first-order chi connectivity index (χ1) is 45.2. The monoisotopic (exact) mass is 1380 g/mol. The normalized spacial score (nSPS) is 30.8. The first-order valence-electron chi connectivity index (χ1n) is 32.0. The molecule has 5 aromatic rings. The summed E-state index contributed by atoms with van der Waals surface area (Å²) in [7, 11) is 3.40. The van der Waals surface area contributed by atoms with E-state index < -0.39 is 123 Å². The van der Waals surface area contributed by atoms with Crippen LogP contribution < -0.4 is 15.4 Å². The van der Waals surface area contributed by atoms with Gasteiger partial charge in [0.15, 0.2) is 11.6 Å². The number of anilines is 1. The number of benzene rings is 2. The number of carbonyl (C=O) groups excluding carboxylic acids is 4. The topological polar surface area (TPSA) is 382 Å². The highest BCUT2D eigenvalue weighted by Crippen LogP contribution is 2.54. The number of esters is 1. The number of phenols is 2. The Morgan fingerprint density at radius 1 is 0.990 bits per heavy atom. The molecule has 0 unspecified atom stereocenters. The van der Waals surface area contributed by atoms with E-state index in [-0.39, 0.29) is 86.6 Å². The first kappa shape index (κ1) is 76.4. The zero-order valence-electron chi connectivity index (χ0n) is 56.8. The maximum Gasteiger partial charge on any atom is 0.342 e. The number of Topliss-reactive ketones (excluding diaryl/α,β-unsaturated/α-hetero) is 1. The molecule has 10 N–H and O–H groups in total. The number of likely N-dealkylation sites (N-methyl/N-ethyl adjacent to an activating group) is 1. The van der Waals surface area contributed by atoms with Crippen molar-refractivity contribution in [1.82, 2.24) is 29.2 Å². The van der Waals surface area contributed by atoms with E-state index in [1.807, 2.05) is 31.0 Å². The van der Waals surface area contributed by atoms with Crippen LogP contribution >= 0.6 is 23.4 Å². The second-order valence-electron chi connectivity index (χ2n) is 25.6. The molecule has 528 valence electrons. The third kappa shape index (κ3) is 15.9. The van der Waals surface area contributed by atoms with E-state index in [4.69, 9.17) is 45.4 Å². The van der Waals surface area contributed by atoms with E-state index in [2.05, 4.69) is 22.5 Å². The maximum absolute atomic E-state index is 14.6. The fourth-order valence-electron chi connectivity index (χ4n) is 13.1. The van der Waals surface area contributed by atoms with Gasteiger partial charge in [0.2, 0.25) is 5.91 Å². The number of hydrogen-bond acceptors (Lipinski definition) is 23. The predicted molar refractivity (Wildman–Crippen MR) is 361 cm³/mol. The van der Waals surface area contributed by atoms with Gasteiger partial charge in [-0.1, -0.05) is 59.3 Å². The van der Waals surface area contributed by atoms with Crippen molar-refractivity contribution in [1.29, 1.82) is 0 Å². The Morgan fingerprint density at radius 3 is 2.29 bits per heavy atom. The molecular weight excluding hydrogens is 1290 g/mol. The third-order valence-electron chi connectivity index (χ3n) is 18.7. The van der Waals surface area contributed by atoms with Gasteiger partial charge in [0.05, 0.1) is 59.6 Å². The molecule has 3 aromatic heterocycles. The Hall–Kier alpha value is -6.96. The Balaban J connectivity index is 0.000000273. The molecule has 96 heavy (non-hydrogen) atoms. The molecule has 0 radical (unpaired) electrons. The van der Waals surface area contributed by atoms with Crippen LogP contribution in [0.5, 0.6) is 17.2 Å². The summed E-state index contributed by atoms with van der Waals surface area (Å²) in [5, 5.41) is 101. The van der Waals surface area contributed by atoms with Gasteiger partial charge in [-0.25, -0.2) is 14.5 Å². The summed E-state index contributed by atoms with van der Waals surface area (Å²) in [6.07, 6.45) is 6.71. The zero-order chi connectivity index (χ0) is 71.3. The number of hydrogen-bond donors (Lipinski definition) is 10. The number of nitrogens with zero attached hydrogens (tertiary/aromatic N) is 6. The van der Waals surface area contributed by atoms with Gasteiger partial charge in [0.1, 0.15) is 82.6 Å². The Labute approximate surface area is 566 Å². The minimum absolute atomic E-state index is 0.0185. The molecule has 9 rings (SSSR count). The van der Waals surface area contributed by atoms with Crippen LogP contribution in [0, 0.1) is 60.5 Å². The number of rotatable bonds is 12. The second-order valence-corrected chi connectivity index (χ2v) is 27.3. The SMILES string of the molecule is CCC[C@@H]1C[C@@H](C(=O)N[C@@H]([C@H]2O[C@H](SC)[C@H](O)[C@@H](O)[C@H]2O)[C@H](C)Cl)N(C)C1.CO[C@H]1/C=C/O[C@@]2(C)Oc3c(C)c(O)c4c(O)c(c5c(nc6cc(C)ccn65)c4c3C2=O)NC(=O)/C(C)=C\C=C\[C@H](C)[C@H](O)[C@@H](C)[C@@H](O)[C@@H](C)[C@H](OC(C)=O)[C@@H]1C.Cc1ncc([N+](=O)[O-])n1CCO. The van der Waals surface area contributed by atoms with Gasteiger partial charge in [0.25, 0.3) is 11.7 Å². The molecule has 4 aliphatic heterocycles. The van der Waals surface area contributed by atoms with Crippen molar-refractivity contribution < 1.29 is 88.6 Å². The first-order valence-corrected chi connectivity index (χ1v) is 33.7. The molecule has 0 saturated carbocycles. The van der Waals surface area contributed by atoms with Crippen molar-refractivity contribution in [2.24, 2.45) is 29.6 Å². The van der Waals surface area contributed by atoms with Crippen LogP contribution in [0.15, 0.2) is 60.7 Å². The van der Waals surface area contributed by atoms with Gasteiger partial charge >= 0.3 is 17.6 Å². The number of aromatic hydroxyl groups is 2. The average molecular weight is 1380 g/mol. The minimum Gasteiger partial charge on any atom is -0.507 e. The summed E-state index contributed by atoms with van der Waals surface area (Å²) in [5.74, 6) is -6.15. The number of fused-ring (bicyclic) bond motifs is 2. The number of carbonyl (C=O) groups is 4. The van der Waals surface area contributed by atoms with Gasteiger partial charge in [-0.15, -0.1) is 23.4 Å². The Morgan fingerprint density at radius 2 is 1.68 bits per heavy atom. The number of nitrogens with one attached hydrogen (secondary N) is 2. The molecule has 2 fully saturated rings. The summed E-state index contributed by atoms with van der Waals surface area (Å²) in [6.45, 7) is 21.2. The van der Waals surface area contributed by atoms with Crippen molar-refractivity contribution in [3.63, 3.8) is 0 Å². The van der Waals surface area contributed by atoms with E-state index in [1.54, 1.807) is 83.5 Å². The molecule has 7 heterocycles. The molecule has 29 heteroatoms. The molecular formula is C67H93ClN8O19S. The lowest BCUT2D eigenvalue weighted by Gasteiger charge is -2.44. The lowest BCUT2D eigenvalue weighted by Crippen LogP contribution is -2.65. The number of phenolic OH excluding ortho intramolecular Hbond substituents is 2. The van der Waals surface area contributed by atoms with Gasteiger partial charge in [-0.3, -0.25) is 28.5 Å². The number of imidazole rings is 2. The Bertz CT molecular complexity index is 3740. The van der Waals surface area contributed by atoms with Crippen molar-refractivity contribution in [2.75, 3.05) is 38.9 Å².